The summed E-state index contributed by atoms with van der Waals surface area (Å²) in [4.78, 5) is 18.6. The molecule has 0 atom stereocenters. The highest BCUT2D eigenvalue weighted by molar-refractivity contribution is 6.03. The van der Waals surface area contributed by atoms with Crippen LogP contribution < -0.4 is 4.90 Å². The van der Waals surface area contributed by atoms with Gasteiger partial charge in [-0.1, -0.05) is 0 Å². The quantitative estimate of drug-likeness (QED) is 0.783. The van der Waals surface area contributed by atoms with Gasteiger partial charge >= 0.3 is 0 Å². The van der Waals surface area contributed by atoms with Crippen molar-refractivity contribution in [3.8, 4) is 0 Å². The Hall–Kier alpha value is -2.54. The van der Waals surface area contributed by atoms with E-state index in [2.05, 4.69) is 10.1 Å². The van der Waals surface area contributed by atoms with Crippen LogP contribution in [-0.2, 0) is 16.1 Å². The Bertz CT molecular complexity index is 736. The van der Waals surface area contributed by atoms with Gasteiger partial charge in [0, 0.05) is 38.1 Å². The number of aryl methyl sites for hydroxylation is 1. The zero-order valence-corrected chi connectivity index (χ0v) is 14.1. The number of nitrogens with zero attached hydrogens (tertiary/aromatic N) is 4. The predicted molar refractivity (Wildman–Crippen MR) is 92.5 cm³/mol. The number of amides is 1. The molecule has 1 saturated heterocycles. The van der Waals surface area contributed by atoms with E-state index in [1.165, 1.54) is 18.2 Å². The third-order valence-electron chi connectivity index (χ3n) is 4.20. The number of hydrogen-bond acceptors (Lipinski definition) is 4. The Morgan fingerprint density at radius 1 is 1.40 bits per heavy atom. The molecule has 0 aromatic carbocycles. The summed E-state index contributed by atoms with van der Waals surface area (Å²) in [6.07, 6.45) is 7.55. The Labute approximate surface area is 145 Å². The van der Waals surface area contributed by atoms with E-state index in [-0.39, 0.29) is 11.9 Å². The highest BCUT2D eigenvalue weighted by Gasteiger charge is 2.27. The summed E-state index contributed by atoms with van der Waals surface area (Å²) in [6.45, 7) is 3.91. The van der Waals surface area contributed by atoms with Crippen molar-refractivity contribution in [3.05, 3.63) is 48.2 Å². The SMILES string of the molecule is CCn1nccc1C=CC(=O)N(c1ccc(F)cn1)C1CCOCC1. The minimum Gasteiger partial charge on any atom is -0.381 e. The largest absolute Gasteiger partial charge is 0.381 e. The molecule has 0 saturated carbocycles. The zero-order valence-electron chi connectivity index (χ0n) is 14.1. The molecule has 132 valence electrons. The van der Waals surface area contributed by atoms with Crippen molar-refractivity contribution < 1.29 is 13.9 Å². The second-order valence-corrected chi connectivity index (χ2v) is 5.79. The molecule has 1 amide bonds. The fourth-order valence-corrected chi connectivity index (χ4v) is 2.92. The van der Waals surface area contributed by atoms with Crippen LogP contribution in [0.25, 0.3) is 6.08 Å². The molecule has 2 aromatic heterocycles. The smallest absolute Gasteiger partial charge is 0.252 e. The molecular weight excluding hydrogens is 323 g/mol. The molecule has 0 aliphatic carbocycles. The first-order valence-corrected chi connectivity index (χ1v) is 8.41. The summed E-state index contributed by atoms with van der Waals surface area (Å²) in [7, 11) is 0. The van der Waals surface area contributed by atoms with E-state index in [1.807, 2.05) is 13.0 Å². The molecule has 2 aromatic rings. The molecule has 25 heavy (non-hydrogen) atoms. The lowest BCUT2D eigenvalue weighted by Crippen LogP contribution is -2.43. The average Bonchev–Trinajstić information content (AvgIpc) is 3.10. The lowest BCUT2D eigenvalue weighted by molar-refractivity contribution is -0.115. The van der Waals surface area contributed by atoms with Crippen molar-refractivity contribution in [2.24, 2.45) is 0 Å². The first-order valence-electron chi connectivity index (χ1n) is 8.41. The van der Waals surface area contributed by atoms with Crippen molar-refractivity contribution in [2.45, 2.75) is 32.4 Å². The average molecular weight is 344 g/mol. The van der Waals surface area contributed by atoms with Crippen LogP contribution in [0.1, 0.15) is 25.5 Å². The molecule has 6 nitrogen and oxygen atoms in total. The second kappa shape index (κ2) is 8.02. The summed E-state index contributed by atoms with van der Waals surface area (Å²) in [5.41, 5.74) is 0.856. The molecule has 3 rings (SSSR count). The normalized spacial score (nSPS) is 15.6. The summed E-state index contributed by atoms with van der Waals surface area (Å²) < 4.78 is 20.4. The van der Waals surface area contributed by atoms with Crippen molar-refractivity contribution >= 4 is 17.8 Å². The summed E-state index contributed by atoms with van der Waals surface area (Å²) in [6, 6.07) is 4.69. The lowest BCUT2D eigenvalue weighted by Gasteiger charge is -2.32. The summed E-state index contributed by atoms with van der Waals surface area (Å²) in [5.74, 6) is -0.160. The molecule has 0 unspecified atom stereocenters. The number of carbonyl (C=O) groups is 1. The van der Waals surface area contributed by atoms with E-state index in [0.29, 0.717) is 19.0 Å². The van der Waals surface area contributed by atoms with Gasteiger partial charge in [-0.15, -0.1) is 0 Å². The third kappa shape index (κ3) is 4.11. The summed E-state index contributed by atoms with van der Waals surface area (Å²) in [5, 5.41) is 4.19. The zero-order chi connectivity index (χ0) is 17.6. The van der Waals surface area contributed by atoms with Crippen LogP contribution in [0.2, 0.25) is 0 Å². The van der Waals surface area contributed by atoms with Crippen LogP contribution in [0.3, 0.4) is 0 Å². The minimum atomic E-state index is -0.425. The standard InChI is InChI=1S/C18H21FN4O2/c1-2-22-15(7-10-21-22)4-6-18(24)23(16-8-11-25-12-9-16)17-5-3-14(19)13-20-17/h3-7,10,13,16H,2,8-9,11-12H2,1H3. The van der Waals surface area contributed by atoms with E-state index in [1.54, 1.807) is 21.9 Å². The fourth-order valence-electron chi connectivity index (χ4n) is 2.92. The Morgan fingerprint density at radius 2 is 2.20 bits per heavy atom. The lowest BCUT2D eigenvalue weighted by atomic mass is 10.1. The molecule has 1 fully saturated rings. The highest BCUT2D eigenvalue weighted by Crippen LogP contribution is 2.22. The minimum absolute atomic E-state index is 0.0139. The van der Waals surface area contributed by atoms with Crippen LogP contribution in [0.15, 0.2) is 36.7 Å². The number of anilines is 1. The van der Waals surface area contributed by atoms with E-state index < -0.39 is 5.82 Å². The molecule has 7 heteroatoms. The molecule has 0 radical (unpaired) electrons. The first-order chi connectivity index (χ1) is 12.2. The van der Waals surface area contributed by atoms with Gasteiger partial charge in [-0.3, -0.25) is 14.4 Å². The van der Waals surface area contributed by atoms with E-state index in [0.717, 1.165) is 31.3 Å². The Kier molecular flexibility index (Phi) is 5.55. The maximum atomic E-state index is 13.2. The molecule has 0 N–H and O–H groups in total. The maximum Gasteiger partial charge on any atom is 0.252 e. The number of pyridine rings is 1. The van der Waals surface area contributed by atoms with Crippen LogP contribution in [0.4, 0.5) is 10.2 Å². The molecule has 0 spiro atoms. The van der Waals surface area contributed by atoms with Crippen LogP contribution in [0.5, 0.6) is 0 Å². The van der Waals surface area contributed by atoms with Gasteiger partial charge in [0.15, 0.2) is 0 Å². The van der Waals surface area contributed by atoms with Gasteiger partial charge in [0.1, 0.15) is 11.6 Å². The van der Waals surface area contributed by atoms with Gasteiger partial charge in [-0.05, 0) is 44.0 Å². The van der Waals surface area contributed by atoms with Gasteiger partial charge in [-0.25, -0.2) is 9.37 Å². The fraction of sp³-hybridized carbons (Fsp3) is 0.389. The van der Waals surface area contributed by atoms with Crippen LogP contribution >= 0.6 is 0 Å². The highest BCUT2D eigenvalue weighted by atomic mass is 19.1. The molecular formula is C18H21FN4O2. The Morgan fingerprint density at radius 3 is 2.88 bits per heavy atom. The second-order valence-electron chi connectivity index (χ2n) is 5.79. The molecule has 3 heterocycles. The van der Waals surface area contributed by atoms with Crippen LogP contribution in [-0.4, -0.2) is 39.9 Å². The number of carbonyl (C=O) groups excluding carboxylic acids is 1. The molecule has 1 aliphatic rings. The molecule has 1 aliphatic heterocycles. The maximum absolute atomic E-state index is 13.2. The van der Waals surface area contributed by atoms with Crippen molar-refractivity contribution in [1.82, 2.24) is 14.8 Å². The number of rotatable bonds is 5. The van der Waals surface area contributed by atoms with Crippen molar-refractivity contribution in [3.63, 3.8) is 0 Å². The topological polar surface area (TPSA) is 60.2 Å². The number of halogens is 1. The van der Waals surface area contributed by atoms with E-state index in [4.69, 9.17) is 4.74 Å². The van der Waals surface area contributed by atoms with Gasteiger partial charge in [0.05, 0.1) is 11.9 Å². The molecule has 0 bridgehead atoms. The van der Waals surface area contributed by atoms with Crippen molar-refractivity contribution in [1.29, 1.82) is 0 Å². The monoisotopic (exact) mass is 344 g/mol. The third-order valence-corrected chi connectivity index (χ3v) is 4.20. The van der Waals surface area contributed by atoms with Gasteiger partial charge < -0.3 is 4.74 Å². The van der Waals surface area contributed by atoms with Gasteiger partial charge in [0.2, 0.25) is 0 Å². The van der Waals surface area contributed by atoms with Gasteiger partial charge in [0.25, 0.3) is 5.91 Å². The number of hydrogen-bond donors (Lipinski definition) is 0. The Balaban J connectivity index is 1.85. The van der Waals surface area contributed by atoms with Gasteiger partial charge in [-0.2, -0.15) is 5.10 Å². The first kappa shape index (κ1) is 17.3. The van der Waals surface area contributed by atoms with Crippen molar-refractivity contribution in [2.75, 3.05) is 18.1 Å². The number of aromatic nitrogens is 3. The predicted octanol–water partition coefficient (Wildman–Crippen LogP) is 2.66. The van der Waals surface area contributed by atoms with Crippen LogP contribution in [0, 0.1) is 5.82 Å². The van der Waals surface area contributed by atoms with E-state index >= 15 is 0 Å². The van der Waals surface area contributed by atoms with E-state index in [9.17, 15) is 9.18 Å². The summed E-state index contributed by atoms with van der Waals surface area (Å²) >= 11 is 0. The number of ether oxygens (including phenoxy) is 1.